The van der Waals surface area contributed by atoms with Crippen LogP contribution in [0.5, 0.6) is 11.5 Å². The summed E-state index contributed by atoms with van der Waals surface area (Å²) in [7, 11) is 0. The van der Waals surface area contributed by atoms with Crippen molar-refractivity contribution in [2.45, 2.75) is 25.0 Å². The van der Waals surface area contributed by atoms with Gasteiger partial charge in [0.05, 0.1) is 13.2 Å². The Kier molecular flexibility index (Phi) is 3.06. The monoisotopic (exact) mass is 300 g/mol. The first-order chi connectivity index (χ1) is 10.5. The maximum atomic E-state index is 5.80. The van der Waals surface area contributed by atoms with Gasteiger partial charge in [-0.3, -0.25) is 0 Å². The summed E-state index contributed by atoms with van der Waals surface area (Å²) in [5.74, 6) is 1.74. The summed E-state index contributed by atoms with van der Waals surface area (Å²) in [5.41, 5.74) is -0.179. The minimum Gasteiger partial charge on any atom is -0.490 e. The molecule has 4 rings (SSSR count). The lowest BCUT2D eigenvalue weighted by atomic mass is 10.1. The Bertz CT molecular complexity index is 640. The summed E-state index contributed by atoms with van der Waals surface area (Å²) in [6.45, 7) is 6.87. The van der Waals surface area contributed by atoms with Crippen LogP contribution in [-0.2, 0) is 9.47 Å². The fourth-order valence-corrected chi connectivity index (χ4v) is 2.27. The van der Waals surface area contributed by atoms with E-state index < -0.39 is 0 Å². The zero-order valence-corrected chi connectivity index (χ0v) is 12.9. The molecule has 0 aliphatic carbocycles. The largest absolute Gasteiger partial charge is 0.490 e. The van der Waals surface area contributed by atoms with Gasteiger partial charge >= 0.3 is 0 Å². The Morgan fingerprint density at radius 3 is 1.59 bits per heavy atom. The average molecular weight is 300 g/mol. The molecule has 0 bridgehead atoms. The predicted octanol–water partition coefficient (Wildman–Crippen LogP) is 3.18. The van der Waals surface area contributed by atoms with Gasteiger partial charge in [-0.05, 0) is 48.9 Å². The van der Waals surface area contributed by atoms with Crippen LogP contribution in [0.25, 0.3) is 10.8 Å². The Morgan fingerprint density at radius 1 is 0.818 bits per heavy atom. The second-order valence-corrected chi connectivity index (χ2v) is 6.73. The summed E-state index contributed by atoms with van der Waals surface area (Å²) < 4.78 is 22.3. The number of epoxide rings is 2. The van der Waals surface area contributed by atoms with Crippen LogP contribution in [-0.4, -0.2) is 37.6 Å². The molecule has 2 atom stereocenters. The fourth-order valence-electron chi connectivity index (χ4n) is 2.27. The van der Waals surface area contributed by atoms with Gasteiger partial charge in [0.1, 0.15) is 35.9 Å². The van der Waals surface area contributed by atoms with Gasteiger partial charge < -0.3 is 18.9 Å². The molecule has 2 aliphatic rings. The fraction of sp³-hybridized carbons (Fsp3) is 0.444. The van der Waals surface area contributed by atoms with Crippen molar-refractivity contribution >= 4 is 10.8 Å². The number of hydrogen-bond acceptors (Lipinski definition) is 4. The molecule has 116 valence electrons. The zero-order valence-electron chi connectivity index (χ0n) is 12.9. The second kappa shape index (κ2) is 4.86. The summed E-state index contributed by atoms with van der Waals surface area (Å²) in [6.07, 6.45) is 0. The molecule has 0 amide bonds. The number of fused-ring (bicyclic) bond motifs is 1. The van der Waals surface area contributed by atoms with E-state index in [9.17, 15) is 0 Å². The number of benzene rings is 2. The number of ether oxygens (including phenoxy) is 4. The minimum atomic E-state index is -0.0896. The third-order valence-electron chi connectivity index (χ3n) is 4.15. The first kappa shape index (κ1) is 13.9. The molecule has 0 radical (unpaired) electrons. The molecule has 4 heteroatoms. The lowest BCUT2D eigenvalue weighted by molar-refractivity contribution is 0.202. The smallest absolute Gasteiger partial charge is 0.123 e. The number of hydrogen-bond donors (Lipinski definition) is 0. The first-order valence-corrected chi connectivity index (χ1v) is 7.61. The Labute approximate surface area is 129 Å². The van der Waals surface area contributed by atoms with E-state index in [1.165, 1.54) is 0 Å². The van der Waals surface area contributed by atoms with Crippen LogP contribution in [0.1, 0.15) is 13.8 Å². The van der Waals surface area contributed by atoms with Gasteiger partial charge in [0.2, 0.25) is 0 Å². The normalized spacial score (nSPS) is 29.4. The molecule has 2 aromatic carbocycles. The lowest BCUT2D eigenvalue weighted by Gasteiger charge is -2.11. The molecule has 0 aromatic heterocycles. The highest BCUT2D eigenvalue weighted by Crippen LogP contribution is 2.30. The van der Waals surface area contributed by atoms with E-state index in [0.29, 0.717) is 13.2 Å². The quantitative estimate of drug-likeness (QED) is 0.769. The number of rotatable bonds is 6. The average Bonchev–Trinajstić information content (AvgIpc) is 3.44. The topological polar surface area (TPSA) is 43.5 Å². The van der Waals surface area contributed by atoms with Crippen molar-refractivity contribution in [1.29, 1.82) is 0 Å². The summed E-state index contributed by atoms with van der Waals surface area (Å²) >= 11 is 0. The lowest BCUT2D eigenvalue weighted by Crippen LogP contribution is -2.17. The molecular weight excluding hydrogens is 280 g/mol. The summed E-state index contributed by atoms with van der Waals surface area (Å²) in [6, 6.07) is 12.2. The van der Waals surface area contributed by atoms with E-state index >= 15 is 0 Å². The SMILES string of the molecule is CC1(COc2ccc3cc(OCC4(C)CO4)ccc3c2)CO1. The van der Waals surface area contributed by atoms with Crippen molar-refractivity contribution in [1.82, 2.24) is 0 Å². The molecule has 0 N–H and O–H groups in total. The zero-order chi connectivity index (χ0) is 15.2. The van der Waals surface area contributed by atoms with Crippen LogP contribution >= 0.6 is 0 Å². The van der Waals surface area contributed by atoms with Crippen LogP contribution in [0.2, 0.25) is 0 Å². The third-order valence-corrected chi connectivity index (χ3v) is 4.15. The Morgan fingerprint density at radius 2 is 1.23 bits per heavy atom. The van der Waals surface area contributed by atoms with Crippen molar-refractivity contribution in [2.24, 2.45) is 0 Å². The van der Waals surface area contributed by atoms with E-state index in [1.54, 1.807) is 0 Å². The van der Waals surface area contributed by atoms with E-state index in [4.69, 9.17) is 18.9 Å². The van der Waals surface area contributed by atoms with Crippen molar-refractivity contribution in [3.8, 4) is 11.5 Å². The Hall–Kier alpha value is -1.78. The van der Waals surface area contributed by atoms with E-state index in [0.717, 1.165) is 35.5 Å². The van der Waals surface area contributed by atoms with Crippen LogP contribution in [0.15, 0.2) is 36.4 Å². The summed E-state index contributed by atoms with van der Waals surface area (Å²) in [5, 5.41) is 2.28. The van der Waals surface area contributed by atoms with Gasteiger partial charge in [0.15, 0.2) is 0 Å². The van der Waals surface area contributed by atoms with Crippen LogP contribution < -0.4 is 9.47 Å². The molecule has 2 unspecified atom stereocenters. The highest BCUT2D eigenvalue weighted by atomic mass is 16.6. The highest BCUT2D eigenvalue weighted by molar-refractivity contribution is 5.85. The standard InChI is InChI=1S/C18H20O4/c1-17(11-21-17)9-19-15-5-3-14-8-16(6-4-13(14)7-15)20-10-18(2)12-22-18/h3-8H,9-12H2,1-2H3. The van der Waals surface area contributed by atoms with Gasteiger partial charge in [-0.2, -0.15) is 0 Å². The minimum absolute atomic E-state index is 0.0896. The molecule has 2 fully saturated rings. The van der Waals surface area contributed by atoms with Gasteiger partial charge in [-0.1, -0.05) is 12.1 Å². The van der Waals surface area contributed by atoms with Gasteiger partial charge in [0.25, 0.3) is 0 Å². The molecular formula is C18H20O4. The van der Waals surface area contributed by atoms with Crippen molar-refractivity contribution < 1.29 is 18.9 Å². The van der Waals surface area contributed by atoms with Crippen molar-refractivity contribution in [2.75, 3.05) is 26.4 Å². The Balaban J connectivity index is 1.46. The van der Waals surface area contributed by atoms with Crippen molar-refractivity contribution in [3.63, 3.8) is 0 Å². The molecule has 0 spiro atoms. The molecule has 2 aliphatic heterocycles. The first-order valence-electron chi connectivity index (χ1n) is 7.61. The van der Waals surface area contributed by atoms with Crippen LogP contribution in [0, 0.1) is 0 Å². The molecule has 2 aromatic rings. The predicted molar refractivity (Wildman–Crippen MR) is 83.7 cm³/mol. The van der Waals surface area contributed by atoms with Crippen LogP contribution in [0.4, 0.5) is 0 Å². The molecule has 2 saturated heterocycles. The van der Waals surface area contributed by atoms with E-state index in [2.05, 4.69) is 38.1 Å². The van der Waals surface area contributed by atoms with Gasteiger partial charge in [0, 0.05) is 0 Å². The molecule has 4 nitrogen and oxygen atoms in total. The highest BCUT2D eigenvalue weighted by Gasteiger charge is 2.40. The third kappa shape index (κ3) is 3.03. The van der Waals surface area contributed by atoms with Gasteiger partial charge in [-0.15, -0.1) is 0 Å². The van der Waals surface area contributed by atoms with E-state index in [1.807, 2.05) is 12.1 Å². The molecule has 2 heterocycles. The van der Waals surface area contributed by atoms with Crippen molar-refractivity contribution in [3.05, 3.63) is 36.4 Å². The second-order valence-electron chi connectivity index (χ2n) is 6.73. The molecule has 22 heavy (non-hydrogen) atoms. The maximum absolute atomic E-state index is 5.80. The van der Waals surface area contributed by atoms with Crippen LogP contribution in [0.3, 0.4) is 0 Å². The maximum Gasteiger partial charge on any atom is 0.123 e. The summed E-state index contributed by atoms with van der Waals surface area (Å²) in [4.78, 5) is 0. The van der Waals surface area contributed by atoms with E-state index in [-0.39, 0.29) is 11.2 Å². The van der Waals surface area contributed by atoms with Gasteiger partial charge in [-0.25, -0.2) is 0 Å². The molecule has 0 saturated carbocycles.